The van der Waals surface area contributed by atoms with Crippen LogP contribution in [0.2, 0.25) is 0 Å². The maximum absolute atomic E-state index is 4.36. The van der Waals surface area contributed by atoms with Crippen molar-refractivity contribution in [3.63, 3.8) is 0 Å². The molecular formula is C18H27N3. The normalized spacial score (nSPS) is 16.5. The second kappa shape index (κ2) is 6.50. The molecule has 1 fully saturated rings. The molecule has 0 amide bonds. The molecular weight excluding hydrogens is 258 g/mol. The van der Waals surface area contributed by atoms with E-state index in [1.54, 1.807) is 0 Å². The van der Waals surface area contributed by atoms with Gasteiger partial charge in [0.05, 0.1) is 11.7 Å². The van der Waals surface area contributed by atoms with E-state index < -0.39 is 0 Å². The number of benzene rings is 1. The zero-order chi connectivity index (χ0) is 14.7. The zero-order valence-corrected chi connectivity index (χ0v) is 13.4. The Labute approximate surface area is 127 Å². The van der Waals surface area contributed by atoms with Gasteiger partial charge in [0.25, 0.3) is 0 Å². The number of aromatic nitrogens is 2. The molecule has 3 heteroatoms. The van der Waals surface area contributed by atoms with Crippen molar-refractivity contribution in [2.75, 3.05) is 18.0 Å². The Hall–Kier alpha value is -1.51. The minimum absolute atomic E-state index is 0.884. The Balaban J connectivity index is 1.80. The molecule has 2 aromatic rings. The third kappa shape index (κ3) is 3.22. The number of fused-ring (bicyclic) bond motifs is 1. The number of anilines is 1. The fourth-order valence-electron chi connectivity index (χ4n) is 3.62. The van der Waals surface area contributed by atoms with Crippen LogP contribution in [0.4, 0.5) is 5.69 Å². The number of hydrogen-bond acceptors (Lipinski definition) is 2. The van der Waals surface area contributed by atoms with Gasteiger partial charge in [0, 0.05) is 31.2 Å². The largest absolute Gasteiger partial charge is 0.371 e. The second-order valence-corrected chi connectivity index (χ2v) is 6.46. The van der Waals surface area contributed by atoms with Gasteiger partial charge in [0.1, 0.15) is 0 Å². The van der Waals surface area contributed by atoms with Gasteiger partial charge in [-0.3, -0.25) is 4.68 Å². The van der Waals surface area contributed by atoms with Crippen LogP contribution in [0.3, 0.4) is 0 Å². The van der Waals surface area contributed by atoms with Crippen LogP contribution in [-0.4, -0.2) is 22.9 Å². The first kappa shape index (κ1) is 14.4. The van der Waals surface area contributed by atoms with Crippen molar-refractivity contribution in [2.24, 2.45) is 13.0 Å². The summed E-state index contributed by atoms with van der Waals surface area (Å²) in [6, 6.07) is 6.78. The van der Waals surface area contributed by atoms with Crippen molar-refractivity contribution in [1.29, 1.82) is 0 Å². The molecule has 1 aliphatic carbocycles. The van der Waals surface area contributed by atoms with Crippen LogP contribution in [-0.2, 0) is 7.05 Å². The molecule has 0 radical (unpaired) electrons. The second-order valence-electron chi connectivity index (χ2n) is 6.46. The number of aryl methyl sites for hydroxylation is 1. The average Bonchev–Trinajstić information content (AvgIpc) is 2.89. The summed E-state index contributed by atoms with van der Waals surface area (Å²) in [4.78, 5) is 2.59. The van der Waals surface area contributed by atoms with Crippen LogP contribution < -0.4 is 4.90 Å². The summed E-state index contributed by atoms with van der Waals surface area (Å²) in [6.07, 6.45) is 10.3. The summed E-state index contributed by atoms with van der Waals surface area (Å²) >= 11 is 0. The third-order valence-electron chi connectivity index (χ3n) is 4.79. The van der Waals surface area contributed by atoms with Gasteiger partial charge >= 0.3 is 0 Å². The van der Waals surface area contributed by atoms with Gasteiger partial charge in [-0.2, -0.15) is 5.10 Å². The summed E-state index contributed by atoms with van der Waals surface area (Å²) in [5.41, 5.74) is 2.58. The highest BCUT2D eigenvalue weighted by Gasteiger charge is 2.17. The maximum Gasteiger partial charge on any atom is 0.0680 e. The zero-order valence-electron chi connectivity index (χ0n) is 13.4. The van der Waals surface area contributed by atoms with Crippen LogP contribution >= 0.6 is 0 Å². The van der Waals surface area contributed by atoms with E-state index >= 15 is 0 Å². The number of nitrogens with zero attached hydrogens (tertiary/aromatic N) is 3. The average molecular weight is 285 g/mol. The highest BCUT2D eigenvalue weighted by Crippen LogP contribution is 2.28. The van der Waals surface area contributed by atoms with Crippen LogP contribution in [0, 0.1) is 5.92 Å². The van der Waals surface area contributed by atoms with E-state index in [9.17, 15) is 0 Å². The molecule has 1 saturated carbocycles. The van der Waals surface area contributed by atoms with Crippen LogP contribution in [0.15, 0.2) is 24.4 Å². The molecule has 1 heterocycles. The summed E-state index contributed by atoms with van der Waals surface area (Å²) < 4.78 is 1.95. The first-order valence-corrected chi connectivity index (χ1v) is 8.44. The maximum atomic E-state index is 4.36. The van der Waals surface area contributed by atoms with Crippen molar-refractivity contribution in [2.45, 2.75) is 45.4 Å². The molecule has 0 atom stereocenters. The Kier molecular flexibility index (Phi) is 4.47. The highest BCUT2D eigenvalue weighted by atomic mass is 15.2. The summed E-state index contributed by atoms with van der Waals surface area (Å²) in [6.45, 7) is 4.65. The fourth-order valence-corrected chi connectivity index (χ4v) is 3.62. The van der Waals surface area contributed by atoms with Crippen molar-refractivity contribution in [3.8, 4) is 0 Å². The molecule has 0 unspecified atom stereocenters. The lowest BCUT2D eigenvalue weighted by Crippen LogP contribution is -2.31. The molecule has 21 heavy (non-hydrogen) atoms. The summed E-state index contributed by atoms with van der Waals surface area (Å²) in [5, 5.41) is 5.61. The van der Waals surface area contributed by atoms with E-state index in [1.165, 1.54) is 61.7 Å². The molecule has 1 aromatic carbocycles. The molecule has 114 valence electrons. The van der Waals surface area contributed by atoms with Gasteiger partial charge in [0.15, 0.2) is 0 Å². The van der Waals surface area contributed by atoms with Gasteiger partial charge in [-0.15, -0.1) is 0 Å². The van der Waals surface area contributed by atoms with E-state index in [-0.39, 0.29) is 0 Å². The molecule has 0 N–H and O–H groups in total. The van der Waals surface area contributed by atoms with Crippen molar-refractivity contribution in [3.05, 3.63) is 24.4 Å². The van der Waals surface area contributed by atoms with Gasteiger partial charge in [0.2, 0.25) is 0 Å². The minimum Gasteiger partial charge on any atom is -0.371 e. The standard InChI is InChI=1S/C18H27N3/c1-3-11-21(14-15-7-5-4-6-8-15)17-9-10-18-16(12-17)13-19-20(18)2/h9-10,12-13,15H,3-8,11,14H2,1-2H3. The van der Waals surface area contributed by atoms with Gasteiger partial charge in [-0.05, 0) is 43.4 Å². The van der Waals surface area contributed by atoms with E-state index in [4.69, 9.17) is 0 Å². The Morgan fingerprint density at radius 3 is 2.81 bits per heavy atom. The van der Waals surface area contributed by atoms with Crippen LogP contribution in [0.1, 0.15) is 45.4 Å². The Morgan fingerprint density at radius 1 is 1.24 bits per heavy atom. The molecule has 0 spiro atoms. The van der Waals surface area contributed by atoms with Gasteiger partial charge in [-0.25, -0.2) is 0 Å². The van der Waals surface area contributed by atoms with E-state index in [2.05, 4.69) is 35.1 Å². The highest BCUT2D eigenvalue weighted by molar-refractivity contribution is 5.82. The molecule has 0 saturated heterocycles. The van der Waals surface area contributed by atoms with E-state index in [1.807, 2.05) is 17.9 Å². The fraction of sp³-hybridized carbons (Fsp3) is 0.611. The van der Waals surface area contributed by atoms with Crippen molar-refractivity contribution >= 4 is 16.6 Å². The predicted octanol–water partition coefficient (Wildman–Crippen LogP) is 4.37. The molecule has 1 aliphatic rings. The minimum atomic E-state index is 0.884. The lowest BCUT2D eigenvalue weighted by atomic mass is 9.89. The SMILES string of the molecule is CCCN(CC1CCCCC1)c1ccc2c(cnn2C)c1. The predicted molar refractivity (Wildman–Crippen MR) is 89.8 cm³/mol. The van der Waals surface area contributed by atoms with Crippen LogP contribution in [0.5, 0.6) is 0 Å². The Morgan fingerprint density at radius 2 is 2.05 bits per heavy atom. The quantitative estimate of drug-likeness (QED) is 0.813. The number of hydrogen-bond donors (Lipinski definition) is 0. The monoisotopic (exact) mass is 285 g/mol. The third-order valence-corrected chi connectivity index (χ3v) is 4.79. The first-order valence-electron chi connectivity index (χ1n) is 8.44. The topological polar surface area (TPSA) is 21.1 Å². The van der Waals surface area contributed by atoms with Crippen molar-refractivity contribution < 1.29 is 0 Å². The van der Waals surface area contributed by atoms with E-state index in [0.717, 1.165) is 12.5 Å². The molecule has 1 aromatic heterocycles. The smallest absolute Gasteiger partial charge is 0.0680 e. The van der Waals surface area contributed by atoms with E-state index in [0.29, 0.717) is 0 Å². The van der Waals surface area contributed by atoms with Gasteiger partial charge < -0.3 is 4.90 Å². The Bertz CT molecular complexity index is 581. The molecule has 3 nitrogen and oxygen atoms in total. The lowest BCUT2D eigenvalue weighted by molar-refractivity contribution is 0.358. The van der Waals surface area contributed by atoms with Crippen molar-refractivity contribution in [1.82, 2.24) is 9.78 Å². The molecule has 0 bridgehead atoms. The molecule has 0 aliphatic heterocycles. The van der Waals surface area contributed by atoms with Gasteiger partial charge in [-0.1, -0.05) is 26.2 Å². The summed E-state index contributed by atoms with van der Waals surface area (Å²) in [7, 11) is 2.01. The summed E-state index contributed by atoms with van der Waals surface area (Å²) in [5.74, 6) is 0.884. The lowest BCUT2D eigenvalue weighted by Gasteiger charge is -2.31. The van der Waals surface area contributed by atoms with Crippen LogP contribution in [0.25, 0.3) is 10.9 Å². The molecule has 3 rings (SSSR count). The number of rotatable bonds is 5. The first-order chi connectivity index (χ1) is 10.3.